The minimum atomic E-state index is -0.132. The number of rotatable bonds is 4. The molecule has 0 fully saturated rings. The van der Waals surface area contributed by atoms with E-state index in [1.807, 2.05) is 48.8 Å². The number of carbonyl (C=O) groups is 1. The molecule has 1 aliphatic rings. The summed E-state index contributed by atoms with van der Waals surface area (Å²) in [6.45, 7) is 0.460. The topological polar surface area (TPSA) is 83.6 Å². The van der Waals surface area contributed by atoms with E-state index in [0.717, 1.165) is 40.7 Å². The van der Waals surface area contributed by atoms with Crippen molar-refractivity contribution < 1.29 is 4.79 Å². The van der Waals surface area contributed by atoms with Gasteiger partial charge < -0.3 is 10.3 Å². The van der Waals surface area contributed by atoms with Crippen molar-refractivity contribution in [1.82, 2.24) is 25.3 Å². The van der Waals surface area contributed by atoms with Crippen molar-refractivity contribution in [3.63, 3.8) is 0 Å². The average molecular weight is 383 g/mol. The first-order valence-electron chi connectivity index (χ1n) is 9.91. The maximum atomic E-state index is 12.5. The molecule has 0 aliphatic heterocycles. The van der Waals surface area contributed by atoms with Gasteiger partial charge in [0.15, 0.2) is 0 Å². The number of H-pyrrole nitrogens is 1. The molecule has 144 valence electrons. The Labute approximate surface area is 168 Å². The molecule has 0 radical (unpaired) electrons. The maximum absolute atomic E-state index is 12.5. The number of nitrogens with zero attached hydrogens (tertiary/aromatic N) is 3. The molecule has 3 aromatic heterocycles. The SMILES string of the molecule is O=C(NCc1ccc(-c2ncnc3[nH]ccc23)cc1)c1cc2c(cn1)CCCC2. The summed E-state index contributed by atoms with van der Waals surface area (Å²) in [6, 6.07) is 12.0. The summed E-state index contributed by atoms with van der Waals surface area (Å²) >= 11 is 0. The van der Waals surface area contributed by atoms with Gasteiger partial charge in [0.05, 0.1) is 5.69 Å². The maximum Gasteiger partial charge on any atom is 0.270 e. The Morgan fingerprint density at radius 2 is 1.83 bits per heavy atom. The molecule has 2 N–H and O–H groups in total. The highest BCUT2D eigenvalue weighted by Gasteiger charge is 2.14. The lowest BCUT2D eigenvalue weighted by atomic mass is 9.93. The van der Waals surface area contributed by atoms with Crippen LogP contribution in [0.25, 0.3) is 22.3 Å². The molecule has 0 atom stereocenters. The number of nitrogens with one attached hydrogen (secondary N) is 2. The number of carbonyl (C=O) groups excluding carboxylic acids is 1. The van der Waals surface area contributed by atoms with E-state index < -0.39 is 0 Å². The average Bonchev–Trinajstić information content (AvgIpc) is 3.26. The Balaban J connectivity index is 1.28. The van der Waals surface area contributed by atoms with Gasteiger partial charge in [-0.25, -0.2) is 9.97 Å². The van der Waals surface area contributed by atoms with E-state index in [1.54, 1.807) is 6.33 Å². The predicted molar refractivity (Wildman–Crippen MR) is 111 cm³/mol. The first-order valence-corrected chi connectivity index (χ1v) is 9.91. The molecule has 1 aliphatic carbocycles. The summed E-state index contributed by atoms with van der Waals surface area (Å²) in [6.07, 6.45) is 9.79. The van der Waals surface area contributed by atoms with Gasteiger partial charge >= 0.3 is 0 Å². The summed E-state index contributed by atoms with van der Waals surface area (Å²) < 4.78 is 0. The third-order valence-electron chi connectivity index (χ3n) is 5.49. The molecular formula is C23H21N5O. The number of aromatic nitrogens is 4. The zero-order valence-corrected chi connectivity index (χ0v) is 16.0. The Morgan fingerprint density at radius 1 is 1.00 bits per heavy atom. The number of benzene rings is 1. The summed E-state index contributed by atoms with van der Waals surface area (Å²) in [7, 11) is 0. The summed E-state index contributed by atoms with van der Waals surface area (Å²) in [4.78, 5) is 28.6. The van der Waals surface area contributed by atoms with Gasteiger partial charge in [-0.15, -0.1) is 0 Å². The van der Waals surface area contributed by atoms with Gasteiger partial charge in [0, 0.05) is 29.9 Å². The second kappa shape index (κ2) is 7.47. The van der Waals surface area contributed by atoms with Gasteiger partial charge in [0.1, 0.15) is 17.7 Å². The number of amides is 1. The Bertz CT molecular complexity index is 1180. The number of aryl methyl sites for hydroxylation is 2. The minimum Gasteiger partial charge on any atom is -0.347 e. The number of aromatic amines is 1. The van der Waals surface area contributed by atoms with Crippen molar-refractivity contribution in [2.24, 2.45) is 0 Å². The van der Waals surface area contributed by atoms with Crippen LogP contribution in [0.15, 0.2) is 55.1 Å². The molecule has 4 aromatic rings. The van der Waals surface area contributed by atoms with Crippen molar-refractivity contribution in [2.45, 2.75) is 32.2 Å². The molecule has 3 heterocycles. The Kier molecular flexibility index (Phi) is 4.52. The minimum absolute atomic E-state index is 0.132. The lowest BCUT2D eigenvalue weighted by Crippen LogP contribution is -2.24. The van der Waals surface area contributed by atoms with E-state index >= 15 is 0 Å². The van der Waals surface area contributed by atoms with Crippen molar-refractivity contribution in [2.75, 3.05) is 0 Å². The van der Waals surface area contributed by atoms with Gasteiger partial charge in [-0.2, -0.15) is 0 Å². The fraction of sp³-hybridized carbons (Fsp3) is 0.217. The van der Waals surface area contributed by atoms with E-state index in [1.165, 1.54) is 24.0 Å². The molecule has 6 heteroatoms. The second-order valence-electron chi connectivity index (χ2n) is 7.39. The van der Waals surface area contributed by atoms with E-state index in [0.29, 0.717) is 12.2 Å². The number of hydrogen-bond donors (Lipinski definition) is 2. The zero-order valence-electron chi connectivity index (χ0n) is 16.0. The molecular weight excluding hydrogens is 362 g/mol. The first kappa shape index (κ1) is 17.6. The quantitative estimate of drug-likeness (QED) is 0.561. The third-order valence-corrected chi connectivity index (χ3v) is 5.49. The molecule has 1 amide bonds. The number of hydrogen-bond acceptors (Lipinski definition) is 4. The van der Waals surface area contributed by atoms with E-state index in [9.17, 15) is 4.79 Å². The molecule has 6 nitrogen and oxygen atoms in total. The van der Waals surface area contributed by atoms with Crippen LogP contribution in [0.4, 0.5) is 0 Å². The van der Waals surface area contributed by atoms with Crippen LogP contribution in [0, 0.1) is 0 Å². The molecule has 29 heavy (non-hydrogen) atoms. The zero-order chi connectivity index (χ0) is 19.6. The first-order chi connectivity index (χ1) is 14.3. The van der Waals surface area contributed by atoms with Crippen LogP contribution in [0.2, 0.25) is 0 Å². The smallest absolute Gasteiger partial charge is 0.270 e. The lowest BCUT2D eigenvalue weighted by Gasteiger charge is -2.15. The van der Waals surface area contributed by atoms with Gasteiger partial charge in [-0.1, -0.05) is 24.3 Å². The van der Waals surface area contributed by atoms with E-state index in [-0.39, 0.29) is 5.91 Å². The Morgan fingerprint density at radius 3 is 2.69 bits per heavy atom. The molecule has 0 bridgehead atoms. The van der Waals surface area contributed by atoms with Gasteiger partial charge in [-0.3, -0.25) is 9.78 Å². The van der Waals surface area contributed by atoms with Gasteiger partial charge in [0.2, 0.25) is 0 Å². The Hall–Kier alpha value is -3.54. The van der Waals surface area contributed by atoms with Crippen molar-refractivity contribution >= 4 is 16.9 Å². The molecule has 0 spiro atoms. The predicted octanol–water partition coefficient (Wildman–Crippen LogP) is 3.83. The number of fused-ring (bicyclic) bond motifs is 2. The highest BCUT2D eigenvalue weighted by molar-refractivity contribution is 5.92. The van der Waals surface area contributed by atoms with Gasteiger partial charge in [-0.05, 0) is 54.5 Å². The molecule has 1 aromatic carbocycles. The van der Waals surface area contributed by atoms with E-state index in [2.05, 4.69) is 25.3 Å². The monoisotopic (exact) mass is 383 g/mol. The molecule has 0 saturated heterocycles. The second-order valence-corrected chi connectivity index (χ2v) is 7.39. The summed E-state index contributed by atoms with van der Waals surface area (Å²) in [5, 5.41) is 3.97. The highest BCUT2D eigenvalue weighted by Crippen LogP contribution is 2.25. The largest absolute Gasteiger partial charge is 0.347 e. The van der Waals surface area contributed by atoms with Crippen LogP contribution in [-0.2, 0) is 19.4 Å². The fourth-order valence-electron chi connectivity index (χ4n) is 3.89. The molecule has 0 saturated carbocycles. The van der Waals surface area contributed by atoms with Crippen molar-refractivity contribution in [1.29, 1.82) is 0 Å². The van der Waals surface area contributed by atoms with Crippen LogP contribution in [0.1, 0.15) is 40.0 Å². The normalized spacial score (nSPS) is 13.2. The lowest BCUT2D eigenvalue weighted by molar-refractivity contribution is 0.0945. The fourth-order valence-corrected chi connectivity index (χ4v) is 3.89. The summed E-state index contributed by atoms with van der Waals surface area (Å²) in [5.41, 5.74) is 6.81. The van der Waals surface area contributed by atoms with Crippen LogP contribution in [0.5, 0.6) is 0 Å². The van der Waals surface area contributed by atoms with E-state index in [4.69, 9.17) is 0 Å². The molecule has 0 unspecified atom stereocenters. The van der Waals surface area contributed by atoms with Crippen molar-refractivity contribution in [3.8, 4) is 11.3 Å². The van der Waals surface area contributed by atoms with Gasteiger partial charge in [0.25, 0.3) is 5.91 Å². The third kappa shape index (κ3) is 3.49. The molecule has 5 rings (SSSR count). The summed E-state index contributed by atoms with van der Waals surface area (Å²) in [5.74, 6) is -0.132. The van der Waals surface area contributed by atoms with Crippen LogP contribution >= 0.6 is 0 Å². The van der Waals surface area contributed by atoms with Crippen molar-refractivity contribution in [3.05, 3.63) is 77.5 Å². The van der Waals surface area contributed by atoms with Crippen LogP contribution in [0.3, 0.4) is 0 Å². The standard InChI is InChI=1S/C23H21N5O/c29-23(20-11-17-3-1-2-4-18(17)13-25-20)26-12-15-5-7-16(8-6-15)21-19-9-10-24-22(19)28-14-27-21/h5-11,13-14H,1-4,12H2,(H,26,29)(H,24,27,28). The highest BCUT2D eigenvalue weighted by atomic mass is 16.1. The van der Waals surface area contributed by atoms with Crippen LogP contribution in [-0.4, -0.2) is 25.8 Å². The van der Waals surface area contributed by atoms with Crippen LogP contribution < -0.4 is 5.32 Å². The number of pyridine rings is 1.